The SMILES string of the molecule is COC(=O)Cc1cc(N)c(Oc2cc(C(C(C)=O)C(C)=O)cc(OC)c2OC(C)=O)c(N)c1. The topological polar surface area (TPSA) is 157 Å². The van der Waals surface area contributed by atoms with Gasteiger partial charge in [-0.05, 0) is 49.2 Å². The highest BCUT2D eigenvalue weighted by molar-refractivity contribution is 6.05. The Bertz CT molecular complexity index is 1070. The molecule has 0 bridgehead atoms. The number of benzene rings is 2. The molecule has 0 aliphatic heterocycles. The van der Waals surface area contributed by atoms with Crippen molar-refractivity contribution in [2.75, 3.05) is 25.7 Å². The van der Waals surface area contributed by atoms with Crippen LogP contribution in [-0.2, 0) is 30.3 Å². The minimum Gasteiger partial charge on any atom is -0.493 e. The Morgan fingerprint density at radius 1 is 0.848 bits per heavy atom. The maximum Gasteiger partial charge on any atom is 0.309 e. The molecule has 2 aromatic carbocycles. The second kappa shape index (κ2) is 10.5. The molecule has 0 atom stereocenters. The number of ketones is 2. The Morgan fingerprint density at radius 3 is 1.85 bits per heavy atom. The van der Waals surface area contributed by atoms with Crippen LogP contribution in [0.1, 0.15) is 37.8 Å². The molecule has 0 radical (unpaired) electrons. The predicted octanol–water partition coefficient (Wildman–Crippen LogP) is 2.55. The summed E-state index contributed by atoms with van der Waals surface area (Å²) in [6.45, 7) is 3.76. The van der Waals surface area contributed by atoms with E-state index in [1.807, 2.05) is 0 Å². The number of Topliss-reactive ketones (excluding diaryl/α,β-unsaturated/α-hetero) is 2. The van der Waals surface area contributed by atoms with E-state index in [1.54, 1.807) is 0 Å². The fraction of sp³-hybridized carbons (Fsp3) is 0.304. The van der Waals surface area contributed by atoms with Crippen LogP contribution in [0.2, 0.25) is 0 Å². The predicted molar refractivity (Wildman–Crippen MR) is 119 cm³/mol. The van der Waals surface area contributed by atoms with Gasteiger partial charge in [-0.15, -0.1) is 0 Å². The van der Waals surface area contributed by atoms with Crippen LogP contribution in [0.3, 0.4) is 0 Å². The van der Waals surface area contributed by atoms with Crippen LogP contribution in [-0.4, -0.2) is 37.7 Å². The molecule has 0 fully saturated rings. The van der Waals surface area contributed by atoms with Crippen molar-refractivity contribution in [1.82, 2.24) is 0 Å². The van der Waals surface area contributed by atoms with Gasteiger partial charge in [-0.2, -0.15) is 0 Å². The highest BCUT2D eigenvalue weighted by Crippen LogP contribution is 2.45. The van der Waals surface area contributed by atoms with Gasteiger partial charge in [0, 0.05) is 6.92 Å². The summed E-state index contributed by atoms with van der Waals surface area (Å²) in [7, 11) is 2.59. The van der Waals surface area contributed by atoms with E-state index in [4.69, 9.17) is 25.7 Å². The molecule has 10 heteroatoms. The summed E-state index contributed by atoms with van der Waals surface area (Å²) in [6, 6.07) is 5.78. The van der Waals surface area contributed by atoms with Crippen LogP contribution in [0.25, 0.3) is 0 Å². The van der Waals surface area contributed by atoms with E-state index in [9.17, 15) is 19.2 Å². The van der Waals surface area contributed by atoms with E-state index in [1.165, 1.54) is 59.3 Å². The molecule has 0 spiro atoms. The number of carbonyl (C=O) groups is 4. The van der Waals surface area contributed by atoms with Gasteiger partial charge in [-0.1, -0.05) is 0 Å². The van der Waals surface area contributed by atoms with E-state index >= 15 is 0 Å². The number of methoxy groups -OCH3 is 2. The van der Waals surface area contributed by atoms with Gasteiger partial charge in [0.25, 0.3) is 0 Å². The van der Waals surface area contributed by atoms with Crippen molar-refractivity contribution < 1.29 is 38.1 Å². The molecule has 0 saturated heterocycles. The van der Waals surface area contributed by atoms with Gasteiger partial charge in [0.05, 0.1) is 32.0 Å². The van der Waals surface area contributed by atoms with Crippen molar-refractivity contribution >= 4 is 34.9 Å². The number of nitrogen functional groups attached to an aromatic ring is 2. The first-order chi connectivity index (χ1) is 15.5. The van der Waals surface area contributed by atoms with Crippen molar-refractivity contribution in [3.05, 3.63) is 35.4 Å². The number of hydrogen-bond acceptors (Lipinski definition) is 10. The second-order valence-corrected chi connectivity index (χ2v) is 7.26. The molecule has 2 rings (SSSR count). The van der Waals surface area contributed by atoms with Gasteiger partial charge in [-0.3, -0.25) is 19.2 Å². The number of carbonyl (C=O) groups excluding carboxylic acids is 4. The third-order valence-electron chi connectivity index (χ3n) is 4.65. The van der Waals surface area contributed by atoms with Crippen LogP contribution in [0, 0.1) is 0 Å². The molecule has 0 amide bonds. The monoisotopic (exact) mass is 458 g/mol. The number of anilines is 2. The van der Waals surface area contributed by atoms with Crippen molar-refractivity contribution in [2.45, 2.75) is 33.1 Å². The molecule has 176 valence electrons. The van der Waals surface area contributed by atoms with Gasteiger partial charge in [0.1, 0.15) is 17.5 Å². The summed E-state index contributed by atoms with van der Waals surface area (Å²) in [5, 5.41) is 0. The minimum atomic E-state index is -1.08. The molecule has 0 aliphatic carbocycles. The zero-order valence-electron chi connectivity index (χ0n) is 19.0. The molecule has 4 N–H and O–H groups in total. The van der Waals surface area contributed by atoms with Crippen molar-refractivity contribution in [3.63, 3.8) is 0 Å². The lowest BCUT2D eigenvalue weighted by molar-refractivity contribution is -0.140. The molecular weight excluding hydrogens is 432 g/mol. The lowest BCUT2D eigenvalue weighted by Crippen LogP contribution is -2.17. The summed E-state index contributed by atoms with van der Waals surface area (Å²) in [5.41, 5.74) is 13.2. The molecule has 33 heavy (non-hydrogen) atoms. The number of esters is 2. The maximum absolute atomic E-state index is 12.1. The molecular formula is C23H26N2O8. The third-order valence-corrected chi connectivity index (χ3v) is 4.65. The summed E-state index contributed by atoms with van der Waals surface area (Å²) in [5.74, 6) is -3.04. The number of rotatable bonds is 9. The maximum atomic E-state index is 12.1. The van der Waals surface area contributed by atoms with Crippen LogP contribution in [0.15, 0.2) is 24.3 Å². The minimum absolute atomic E-state index is 0.0263. The zero-order chi connectivity index (χ0) is 24.9. The molecule has 0 aliphatic rings. The second-order valence-electron chi connectivity index (χ2n) is 7.26. The molecule has 0 aromatic heterocycles. The number of hydrogen-bond donors (Lipinski definition) is 2. The highest BCUT2D eigenvalue weighted by atomic mass is 16.6. The van der Waals surface area contributed by atoms with Crippen LogP contribution in [0.5, 0.6) is 23.0 Å². The Labute approximate surface area is 190 Å². The normalized spacial score (nSPS) is 10.5. The smallest absolute Gasteiger partial charge is 0.309 e. The van der Waals surface area contributed by atoms with Gasteiger partial charge < -0.3 is 30.4 Å². The molecule has 0 heterocycles. The van der Waals surface area contributed by atoms with E-state index in [-0.39, 0.29) is 57.9 Å². The summed E-state index contributed by atoms with van der Waals surface area (Å²) in [4.78, 5) is 47.5. The fourth-order valence-corrected chi connectivity index (χ4v) is 3.30. The highest BCUT2D eigenvalue weighted by Gasteiger charge is 2.27. The van der Waals surface area contributed by atoms with E-state index in [0.717, 1.165) is 0 Å². The Morgan fingerprint density at radius 2 is 1.39 bits per heavy atom. The number of nitrogens with two attached hydrogens (primary N) is 2. The lowest BCUT2D eigenvalue weighted by atomic mass is 9.91. The first-order valence-corrected chi connectivity index (χ1v) is 9.82. The first kappa shape index (κ1) is 25.2. The van der Waals surface area contributed by atoms with Gasteiger partial charge >= 0.3 is 11.9 Å². The first-order valence-electron chi connectivity index (χ1n) is 9.82. The quantitative estimate of drug-likeness (QED) is 0.248. The van der Waals surface area contributed by atoms with E-state index < -0.39 is 17.9 Å². The van der Waals surface area contributed by atoms with Gasteiger partial charge in [0.15, 0.2) is 17.2 Å². The molecule has 0 unspecified atom stereocenters. The summed E-state index contributed by atoms with van der Waals surface area (Å²) < 4.78 is 21.1. The molecule has 0 saturated carbocycles. The Balaban J connectivity index is 2.65. The van der Waals surface area contributed by atoms with Gasteiger partial charge in [0.2, 0.25) is 5.75 Å². The summed E-state index contributed by atoms with van der Waals surface area (Å²) >= 11 is 0. The fourth-order valence-electron chi connectivity index (χ4n) is 3.30. The van der Waals surface area contributed by atoms with Crippen LogP contribution >= 0.6 is 0 Å². The van der Waals surface area contributed by atoms with Gasteiger partial charge in [-0.25, -0.2) is 0 Å². The summed E-state index contributed by atoms with van der Waals surface area (Å²) in [6.07, 6.45) is -0.0495. The molecule has 10 nitrogen and oxygen atoms in total. The number of ether oxygens (including phenoxy) is 4. The van der Waals surface area contributed by atoms with Crippen molar-refractivity contribution in [3.8, 4) is 23.0 Å². The zero-order valence-corrected chi connectivity index (χ0v) is 19.0. The average Bonchev–Trinajstić information content (AvgIpc) is 2.71. The van der Waals surface area contributed by atoms with Crippen molar-refractivity contribution in [1.29, 1.82) is 0 Å². The van der Waals surface area contributed by atoms with Crippen LogP contribution in [0.4, 0.5) is 11.4 Å². The van der Waals surface area contributed by atoms with E-state index in [0.29, 0.717) is 5.56 Å². The largest absolute Gasteiger partial charge is 0.493 e. The third kappa shape index (κ3) is 6.00. The average molecular weight is 458 g/mol. The van der Waals surface area contributed by atoms with E-state index in [2.05, 4.69) is 4.74 Å². The lowest BCUT2D eigenvalue weighted by Gasteiger charge is -2.20. The Kier molecular flexibility index (Phi) is 8.00. The molecule has 2 aromatic rings. The van der Waals surface area contributed by atoms with Crippen LogP contribution < -0.4 is 25.7 Å². The van der Waals surface area contributed by atoms with Crippen molar-refractivity contribution in [2.24, 2.45) is 0 Å². The standard InChI is InChI=1S/C23H26N2O8/c1-11(26)21(12(2)27)15-9-18(30-4)23(32-13(3)28)19(10-15)33-22-16(24)6-14(7-17(22)25)8-20(29)31-5/h6-7,9-10,21H,8,24-25H2,1-5H3. The Hall–Kier alpha value is -4.08.